The Morgan fingerprint density at radius 2 is 1.82 bits per heavy atom. The second-order valence-electron chi connectivity index (χ2n) is 5.86. The fourth-order valence-electron chi connectivity index (χ4n) is 2.50. The minimum absolute atomic E-state index is 0.263. The second kappa shape index (κ2) is 9.27. The van der Waals surface area contributed by atoms with Crippen LogP contribution in [0.15, 0.2) is 67.1 Å². The third-order valence-corrected chi connectivity index (χ3v) is 3.92. The lowest BCUT2D eigenvalue weighted by molar-refractivity contribution is 0.0527. The summed E-state index contributed by atoms with van der Waals surface area (Å²) in [4.78, 5) is 32.8. The maximum absolute atomic E-state index is 12.5. The number of nitrogens with one attached hydrogen (secondary N) is 2. The van der Waals surface area contributed by atoms with Crippen molar-refractivity contribution in [3.63, 3.8) is 0 Å². The van der Waals surface area contributed by atoms with Crippen molar-refractivity contribution >= 4 is 23.4 Å². The third-order valence-electron chi connectivity index (χ3n) is 3.92. The zero-order chi connectivity index (χ0) is 19.8. The lowest BCUT2D eigenvalue weighted by Crippen LogP contribution is -2.16. The molecule has 7 heteroatoms. The maximum Gasteiger partial charge on any atom is 0.340 e. The van der Waals surface area contributed by atoms with Crippen LogP contribution in [0.2, 0.25) is 0 Å². The predicted octanol–water partition coefficient (Wildman–Crippen LogP) is 3.52. The van der Waals surface area contributed by atoms with Crippen LogP contribution >= 0.6 is 0 Å². The SMILES string of the molecule is CCOC(=O)c1ccccc1NC(=O)c1ccc(NCc2ccncc2)nc1. The number of amides is 1. The predicted molar refractivity (Wildman–Crippen MR) is 106 cm³/mol. The van der Waals surface area contributed by atoms with E-state index in [1.807, 2.05) is 12.1 Å². The lowest BCUT2D eigenvalue weighted by atomic mass is 10.1. The van der Waals surface area contributed by atoms with E-state index in [-0.39, 0.29) is 12.5 Å². The first-order valence-corrected chi connectivity index (χ1v) is 8.83. The summed E-state index contributed by atoms with van der Waals surface area (Å²) >= 11 is 0. The molecule has 2 aromatic heterocycles. The van der Waals surface area contributed by atoms with Crippen molar-refractivity contribution in [2.24, 2.45) is 0 Å². The highest BCUT2D eigenvalue weighted by atomic mass is 16.5. The lowest BCUT2D eigenvalue weighted by Gasteiger charge is -2.11. The van der Waals surface area contributed by atoms with Crippen molar-refractivity contribution in [2.75, 3.05) is 17.2 Å². The van der Waals surface area contributed by atoms with Gasteiger partial charge in [-0.05, 0) is 48.9 Å². The van der Waals surface area contributed by atoms with Crippen LogP contribution in [0.4, 0.5) is 11.5 Å². The summed E-state index contributed by atoms with van der Waals surface area (Å²) in [5.74, 6) is -0.183. The van der Waals surface area contributed by atoms with Crippen LogP contribution in [0.3, 0.4) is 0 Å². The van der Waals surface area contributed by atoms with Crippen LogP contribution < -0.4 is 10.6 Å². The van der Waals surface area contributed by atoms with Crippen molar-refractivity contribution in [3.05, 3.63) is 83.8 Å². The molecule has 0 aliphatic heterocycles. The van der Waals surface area contributed by atoms with E-state index < -0.39 is 5.97 Å². The van der Waals surface area contributed by atoms with E-state index in [1.54, 1.807) is 55.7 Å². The Bertz CT molecular complexity index is 943. The highest BCUT2D eigenvalue weighted by molar-refractivity contribution is 6.07. The van der Waals surface area contributed by atoms with Gasteiger partial charge >= 0.3 is 5.97 Å². The number of pyridine rings is 2. The number of esters is 1. The van der Waals surface area contributed by atoms with Gasteiger partial charge in [-0.1, -0.05) is 12.1 Å². The van der Waals surface area contributed by atoms with Gasteiger partial charge in [-0.2, -0.15) is 0 Å². The fourth-order valence-corrected chi connectivity index (χ4v) is 2.50. The molecular formula is C21H20N4O3. The van der Waals surface area contributed by atoms with E-state index in [4.69, 9.17) is 4.74 Å². The molecule has 28 heavy (non-hydrogen) atoms. The van der Waals surface area contributed by atoms with Crippen molar-refractivity contribution in [1.29, 1.82) is 0 Å². The molecule has 7 nitrogen and oxygen atoms in total. The van der Waals surface area contributed by atoms with Gasteiger partial charge in [0.05, 0.1) is 23.4 Å². The number of nitrogens with zero attached hydrogens (tertiary/aromatic N) is 2. The molecule has 0 atom stereocenters. The van der Waals surface area contributed by atoms with Gasteiger partial charge in [-0.25, -0.2) is 9.78 Å². The summed E-state index contributed by atoms with van der Waals surface area (Å²) in [5, 5.41) is 5.92. The summed E-state index contributed by atoms with van der Waals surface area (Å²) in [7, 11) is 0. The largest absolute Gasteiger partial charge is 0.462 e. The van der Waals surface area contributed by atoms with Crippen molar-refractivity contribution in [2.45, 2.75) is 13.5 Å². The standard InChI is InChI=1S/C21H20N4O3/c1-2-28-21(27)17-5-3-4-6-18(17)25-20(26)16-7-8-19(24-14-16)23-13-15-9-11-22-12-10-15/h3-12,14H,2,13H2,1H3,(H,23,24)(H,25,26). The number of hydrogen-bond donors (Lipinski definition) is 2. The zero-order valence-corrected chi connectivity index (χ0v) is 15.4. The minimum atomic E-state index is -0.479. The molecule has 0 unspecified atom stereocenters. The van der Waals surface area contributed by atoms with Crippen LogP contribution in [-0.4, -0.2) is 28.5 Å². The zero-order valence-electron chi connectivity index (χ0n) is 15.4. The molecule has 3 aromatic rings. The van der Waals surface area contributed by atoms with E-state index in [0.29, 0.717) is 29.2 Å². The fraction of sp³-hybridized carbons (Fsp3) is 0.143. The molecule has 2 N–H and O–H groups in total. The van der Waals surface area contributed by atoms with Gasteiger partial charge in [0.2, 0.25) is 0 Å². The molecule has 0 aliphatic carbocycles. The number of carbonyl (C=O) groups is 2. The molecule has 0 bridgehead atoms. The molecule has 2 heterocycles. The number of carbonyl (C=O) groups excluding carboxylic acids is 2. The number of para-hydroxylation sites is 1. The molecule has 0 saturated carbocycles. The number of hydrogen-bond acceptors (Lipinski definition) is 6. The van der Waals surface area contributed by atoms with Gasteiger partial charge in [0, 0.05) is 25.1 Å². The summed E-state index contributed by atoms with van der Waals surface area (Å²) in [6.07, 6.45) is 4.94. The van der Waals surface area contributed by atoms with E-state index >= 15 is 0 Å². The number of aromatic nitrogens is 2. The Morgan fingerprint density at radius 3 is 2.54 bits per heavy atom. The Kier molecular flexibility index (Phi) is 6.30. The van der Waals surface area contributed by atoms with Crippen molar-refractivity contribution in [1.82, 2.24) is 9.97 Å². The number of ether oxygens (including phenoxy) is 1. The van der Waals surface area contributed by atoms with Crippen LogP contribution in [0.5, 0.6) is 0 Å². The van der Waals surface area contributed by atoms with Gasteiger partial charge < -0.3 is 15.4 Å². The number of rotatable bonds is 7. The Morgan fingerprint density at radius 1 is 1.04 bits per heavy atom. The van der Waals surface area contributed by atoms with Crippen LogP contribution in [0.1, 0.15) is 33.2 Å². The average Bonchev–Trinajstić information content (AvgIpc) is 2.74. The first-order valence-electron chi connectivity index (χ1n) is 8.83. The van der Waals surface area contributed by atoms with Crippen LogP contribution in [0, 0.1) is 0 Å². The van der Waals surface area contributed by atoms with E-state index in [0.717, 1.165) is 5.56 Å². The van der Waals surface area contributed by atoms with Gasteiger partial charge in [0.1, 0.15) is 5.82 Å². The van der Waals surface area contributed by atoms with Crippen molar-refractivity contribution in [3.8, 4) is 0 Å². The van der Waals surface area contributed by atoms with Gasteiger partial charge in [0.25, 0.3) is 5.91 Å². The Balaban J connectivity index is 1.65. The first kappa shape index (κ1) is 19.0. The number of anilines is 2. The van der Waals surface area contributed by atoms with Crippen molar-refractivity contribution < 1.29 is 14.3 Å². The highest BCUT2D eigenvalue weighted by Gasteiger charge is 2.15. The Labute approximate surface area is 162 Å². The summed E-state index contributed by atoms with van der Waals surface area (Å²) in [6, 6.07) is 13.9. The minimum Gasteiger partial charge on any atom is -0.462 e. The van der Waals surface area contributed by atoms with E-state index in [1.165, 1.54) is 6.20 Å². The summed E-state index contributed by atoms with van der Waals surface area (Å²) in [5.41, 5.74) is 2.16. The average molecular weight is 376 g/mol. The molecule has 142 valence electrons. The molecule has 1 aromatic carbocycles. The third kappa shape index (κ3) is 4.91. The summed E-state index contributed by atoms with van der Waals surface area (Å²) in [6.45, 7) is 2.60. The van der Waals surface area contributed by atoms with E-state index in [2.05, 4.69) is 20.6 Å². The van der Waals surface area contributed by atoms with Crippen LogP contribution in [-0.2, 0) is 11.3 Å². The van der Waals surface area contributed by atoms with Gasteiger partial charge in [-0.3, -0.25) is 9.78 Å². The molecule has 0 radical (unpaired) electrons. The molecule has 3 rings (SSSR count). The van der Waals surface area contributed by atoms with E-state index in [9.17, 15) is 9.59 Å². The molecule has 0 saturated heterocycles. The van der Waals surface area contributed by atoms with Crippen LogP contribution in [0.25, 0.3) is 0 Å². The first-order chi connectivity index (χ1) is 13.7. The smallest absolute Gasteiger partial charge is 0.340 e. The second-order valence-corrected chi connectivity index (χ2v) is 5.86. The molecular weight excluding hydrogens is 356 g/mol. The molecule has 0 spiro atoms. The topological polar surface area (TPSA) is 93.2 Å². The normalized spacial score (nSPS) is 10.2. The number of benzene rings is 1. The Hall–Kier alpha value is -3.74. The van der Waals surface area contributed by atoms with Gasteiger partial charge in [-0.15, -0.1) is 0 Å². The molecule has 1 amide bonds. The van der Waals surface area contributed by atoms with Gasteiger partial charge in [0.15, 0.2) is 0 Å². The monoisotopic (exact) mass is 376 g/mol. The molecule has 0 aliphatic rings. The summed E-state index contributed by atoms with van der Waals surface area (Å²) < 4.78 is 5.02. The quantitative estimate of drug-likeness (QED) is 0.613. The highest BCUT2D eigenvalue weighted by Crippen LogP contribution is 2.18. The maximum atomic E-state index is 12.5. The molecule has 0 fully saturated rings.